The van der Waals surface area contributed by atoms with E-state index in [0.717, 1.165) is 45.6 Å². The van der Waals surface area contributed by atoms with Crippen molar-refractivity contribution in [2.45, 2.75) is 44.4 Å². The molecule has 1 fully saturated rings. The molecule has 4 heterocycles. The molecule has 35 heavy (non-hydrogen) atoms. The zero-order valence-electron chi connectivity index (χ0n) is 19.0. The van der Waals surface area contributed by atoms with Crippen LogP contribution in [0.15, 0.2) is 46.9 Å². The van der Waals surface area contributed by atoms with Crippen molar-refractivity contribution in [3.8, 4) is 0 Å². The number of benzene rings is 1. The van der Waals surface area contributed by atoms with Gasteiger partial charge in [-0.15, -0.1) is 11.3 Å². The molecule has 1 saturated heterocycles. The van der Waals surface area contributed by atoms with Crippen LogP contribution < -0.4 is 0 Å². The Morgan fingerprint density at radius 3 is 2.63 bits per heavy atom. The number of oxime groups is 1. The molecule has 2 aliphatic rings. The Morgan fingerprint density at radius 2 is 1.94 bits per heavy atom. The smallest absolute Gasteiger partial charge is 0.387 e. The zero-order valence-corrected chi connectivity index (χ0v) is 19.8. The molecule has 0 N–H and O–H groups in total. The summed E-state index contributed by atoms with van der Waals surface area (Å²) in [7, 11) is 0. The van der Waals surface area contributed by atoms with Gasteiger partial charge in [-0.1, -0.05) is 35.5 Å². The van der Waals surface area contributed by atoms with Crippen LogP contribution in [0.1, 0.15) is 63.7 Å². The molecule has 7 nitrogen and oxygen atoms in total. The molecule has 11 heteroatoms. The fraction of sp³-hybridized carbons (Fsp3) is 0.417. The molecule has 0 radical (unpaired) electrons. The quantitative estimate of drug-likeness (QED) is 0.487. The van der Waals surface area contributed by atoms with Crippen molar-refractivity contribution in [1.29, 1.82) is 0 Å². The second-order valence-corrected chi connectivity index (χ2v) is 9.73. The van der Waals surface area contributed by atoms with Crippen molar-refractivity contribution >= 4 is 23.0 Å². The molecule has 0 saturated carbocycles. The molecular weight excluding hydrogens is 479 g/mol. The maximum Gasteiger partial charge on any atom is 0.435 e. The molecule has 1 aromatic carbocycles. The highest BCUT2D eigenvalue weighted by Gasteiger charge is 2.35. The number of piperidine rings is 1. The number of hydrogen-bond acceptors (Lipinski definition) is 7. The normalized spacial score (nSPS) is 19.5. The third kappa shape index (κ3) is 5.15. The second kappa shape index (κ2) is 9.54. The first-order chi connectivity index (χ1) is 16.8. The molecule has 0 bridgehead atoms. The van der Waals surface area contributed by atoms with E-state index in [1.165, 1.54) is 6.92 Å². The zero-order chi connectivity index (χ0) is 24.6. The highest BCUT2D eigenvalue weighted by Crippen LogP contribution is 2.34. The maximum absolute atomic E-state index is 12.9. The van der Waals surface area contributed by atoms with E-state index in [9.17, 15) is 18.0 Å². The van der Waals surface area contributed by atoms with Crippen molar-refractivity contribution in [1.82, 2.24) is 19.7 Å². The Kier molecular flexibility index (Phi) is 6.45. The fourth-order valence-electron chi connectivity index (χ4n) is 4.44. The van der Waals surface area contributed by atoms with E-state index >= 15 is 0 Å². The van der Waals surface area contributed by atoms with Crippen LogP contribution in [0.4, 0.5) is 13.2 Å². The van der Waals surface area contributed by atoms with E-state index in [0.29, 0.717) is 19.5 Å². The summed E-state index contributed by atoms with van der Waals surface area (Å²) in [6.07, 6.45) is -2.34. The van der Waals surface area contributed by atoms with Crippen LogP contribution in [0.5, 0.6) is 0 Å². The molecule has 184 valence electrons. The monoisotopic (exact) mass is 503 g/mol. The van der Waals surface area contributed by atoms with Gasteiger partial charge in [0.15, 0.2) is 11.8 Å². The summed E-state index contributed by atoms with van der Waals surface area (Å²) in [4.78, 5) is 25.0. The molecular formula is C24H24F3N5O2S. The van der Waals surface area contributed by atoms with Gasteiger partial charge in [-0.25, -0.2) is 9.67 Å². The number of rotatable bonds is 5. The average molecular weight is 504 g/mol. The minimum atomic E-state index is -4.57. The molecule has 1 atom stereocenters. The number of aryl methyl sites for hydroxylation is 1. The summed E-state index contributed by atoms with van der Waals surface area (Å²) < 4.78 is 39.5. The average Bonchev–Trinajstić information content (AvgIpc) is 3.59. The van der Waals surface area contributed by atoms with Crippen LogP contribution in [0, 0.1) is 6.92 Å². The summed E-state index contributed by atoms with van der Waals surface area (Å²) in [5.41, 5.74) is 1.91. The van der Waals surface area contributed by atoms with Gasteiger partial charge in [0.05, 0.1) is 17.2 Å². The lowest BCUT2D eigenvalue weighted by Gasteiger charge is -2.30. The highest BCUT2D eigenvalue weighted by atomic mass is 32.1. The number of alkyl halides is 3. The number of carbonyl (C=O) groups is 1. The van der Waals surface area contributed by atoms with Gasteiger partial charge in [0.2, 0.25) is 0 Å². The van der Waals surface area contributed by atoms with E-state index in [4.69, 9.17) is 9.82 Å². The highest BCUT2D eigenvalue weighted by molar-refractivity contribution is 7.10. The number of nitrogens with zero attached hydrogens (tertiary/aromatic N) is 5. The Morgan fingerprint density at radius 1 is 1.20 bits per heavy atom. The van der Waals surface area contributed by atoms with Crippen LogP contribution in [0.3, 0.4) is 0 Å². The molecule has 2 aliphatic heterocycles. The van der Waals surface area contributed by atoms with Crippen molar-refractivity contribution in [3.05, 3.63) is 69.4 Å². The first-order valence-corrected chi connectivity index (χ1v) is 12.3. The van der Waals surface area contributed by atoms with Crippen molar-refractivity contribution in [2.24, 2.45) is 5.16 Å². The number of aromatic nitrogens is 3. The molecule has 0 aliphatic carbocycles. The van der Waals surface area contributed by atoms with Crippen molar-refractivity contribution in [2.75, 3.05) is 19.6 Å². The van der Waals surface area contributed by atoms with E-state index in [-0.39, 0.29) is 24.3 Å². The topological polar surface area (TPSA) is 72.6 Å². The standard InChI is InChI=1S/C24H24F3N5O2S/c1-15-11-21(24(25,26)27)29-32(15)22(33)13-31-9-7-17(8-10-31)23-28-19(14-35-23)18-12-20(34-30-18)16-5-3-2-4-6-16/h2-6,11,14,17,20H,7-10,12-13H2,1H3. The molecule has 0 spiro atoms. The number of hydrogen-bond donors (Lipinski definition) is 0. The van der Waals surface area contributed by atoms with Gasteiger partial charge in [0.25, 0.3) is 5.91 Å². The van der Waals surface area contributed by atoms with Gasteiger partial charge >= 0.3 is 6.18 Å². The number of halogens is 3. The van der Waals surface area contributed by atoms with Gasteiger partial charge in [-0.2, -0.15) is 18.3 Å². The van der Waals surface area contributed by atoms with E-state index in [2.05, 4.69) is 10.3 Å². The Hall–Kier alpha value is -3.05. The minimum Gasteiger partial charge on any atom is -0.387 e. The number of carbonyl (C=O) groups excluding carboxylic acids is 1. The van der Waals surface area contributed by atoms with Gasteiger partial charge < -0.3 is 4.84 Å². The first-order valence-electron chi connectivity index (χ1n) is 11.4. The van der Waals surface area contributed by atoms with Crippen LogP contribution >= 0.6 is 11.3 Å². The van der Waals surface area contributed by atoms with Crippen molar-refractivity contribution < 1.29 is 22.8 Å². The Bertz CT molecular complexity index is 1230. The number of likely N-dealkylation sites (tertiary alicyclic amines) is 1. The summed E-state index contributed by atoms with van der Waals surface area (Å²) >= 11 is 1.61. The fourth-order valence-corrected chi connectivity index (χ4v) is 5.44. The van der Waals surface area contributed by atoms with Gasteiger partial charge in [-0.05, 0) is 44.5 Å². The molecule has 5 rings (SSSR count). The summed E-state index contributed by atoms with van der Waals surface area (Å²) in [6.45, 7) is 2.81. The Labute approximate surface area is 204 Å². The minimum absolute atomic E-state index is 0.0324. The van der Waals surface area contributed by atoms with Crippen molar-refractivity contribution in [3.63, 3.8) is 0 Å². The SMILES string of the molecule is Cc1cc(C(F)(F)F)nn1C(=O)CN1CCC(c2nc(C3=NOC(c4ccccc4)C3)cs2)CC1. The summed E-state index contributed by atoms with van der Waals surface area (Å²) in [6, 6.07) is 10.9. The lowest BCUT2D eigenvalue weighted by atomic mass is 9.97. The Balaban J connectivity index is 1.15. The third-order valence-electron chi connectivity index (χ3n) is 6.37. The summed E-state index contributed by atoms with van der Waals surface area (Å²) in [5.74, 6) is -0.184. The maximum atomic E-state index is 12.9. The second-order valence-electron chi connectivity index (χ2n) is 8.84. The predicted molar refractivity (Wildman–Crippen MR) is 125 cm³/mol. The lowest BCUT2D eigenvalue weighted by molar-refractivity contribution is -0.141. The van der Waals surface area contributed by atoms with Gasteiger partial charge in [0, 0.05) is 23.4 Å². The van der Waals surface area contributed by atoms with E-state index < -0.39 is 17.8 Å². The van der Waals surface area contributed by atoms with Gasteiger partial charge in [0.1, 0.15) is 5.71 Å². The summed E-state index contributed by atoms with van der Waals surface area (Å²) in [5, 5.41) is 10.8. The number of thiazole rings is 1. The molecule has 1 unspecified atom stereocenters. The molecule has 0 amide bonds. The molecule has 2 aromatic heterocycles. The van der Waals surface area contributed by atoms with Gasteiger partial charge in [-0.3, -0.25) is 9.69 Å². The predicted octanol–water partition coefficient (Wildman–Crippen LogP) is 5.05. The largest absolute Gasteiger partial charge is 0.435 e. The van der Waals surface area contributed by atoms with Crippen LogP contribution in [-0.4, -0.2) is 50.9 Å². The van der Waals surface area contributed by atoms with E-state index in [1.807, 2.05) is 40.6 Å². The van der Waals surface area contributed by atoms with E-state index in [1.54, 1.807) is 11.3 Å². The van der Waals surface area contributed by atoms with Crippen LogP contribution in [0.2, 0.25) is 0 Å². The first kappa shape index (κ1) is 23.7. The molecule has 3 aromatic rings. The third-order valence-corrected chi connectivity index (χ3v) is 7.37. The lowest BCUT2D eigenvalue weighted by Crippen LogP contribution is -2.39. The van der Waals surface area contributed by atoms with Crippen LogP contribution in [0.25, 0.3) is 0 Å². The van der Waals surface area contributed by atoms with Crippen LogP contribution in [-0.2, 0) is 11.0 Å².